The van der Waals surface area contributed by atoms with Crippen LogP contribution in [-0.4, -0.2) is 25.5 Å². The number of ether oxygens (including phenoxy) is 1. The third kappa shape index (κ3) is 5.63. The second-order valence-electron chi connectivity index (χ2n) is 7.70. The first-order valence-electron chi connectivity index (χ1n) is 11.2. The van der Waals surface area contributed by atoms with Gasteiger partial charge >= 0.3 is 0 Å². The fourth-order valence-electron chi connectivity index (χ4n) is 3.75. The smallest absolute Gasteiger partial charge is 0.185 e. The zero-order valence-corrected chi connectivity index (χ0v) is 18.5. The Morgan fingerprint density at radius 2 is 1.37 bits per heavy atom. The van der Waals surface area contributed by atoms with Crippen molar-refractivity contribution >= 4 is 23.6 Å². The number of allylic oxidation sites excluding steroid dienone is 2. The molecule has 3 heteroatoms. The van der Waals surface area contributed by atoms with Crippen LogP contribution in [0.4, 0.5) is 5.69 Å². The van der Waals surface area contributed by atoms with Crippen molar-refractivity contribution in [3.63, 3.8) is 0 Å². The third-order valence-corrected chi connectivity index (χ3v) is 5.60. The van der Waals surface area contributed by atoms with Crippen molar-refractivity contribution in [2.75, 3.05) is 24.6 Å². The molecule has 1 saturated carbocycles. The average molecular weight is 404 g/mol. The van der Waals surface area contributed by atoms with E-state index in [9.17, 15) is 4.79 Å². The number of benzene rings is 2. The Labute approximate surface area is 181 Å². The van der Waals surface area contributed by atoms with E-state index >= 15 is 0 Å². The molecular weight excluding hydrogens is 370 g/mol. The minimum absolute atomic E-state index is 0.172. The van der Waals surface area contributed by atoms with Gasteiger partial charge in [-0.05, 0) is 80.7 Å². The number of anilines is 1. The van der Waals surface area contributed by atoms with Crippen LogP contribution in [0, 0.1) is 0 Å². The lowest BCUT2D eigenvalue weighted by atomic mass is 10.1. The van der Waals surface area contributed by atoms with Crippen molar-refractivity contribution in [1.29, 1.82) is 0 Å². The predicted octanol–water partition coefficient (Wildman–Crippen LogP) is 6.54. The van der Waals surface area contributed by atoms with E-state index in [2.05, 4.69) is 49.9 Å². The van der Waals surface area contributed by atoms with Crippen molar-refractivity contribution in [3.8, 4) is 5.75 Å². The maximum atomic E-state index is 12.9. The number of unbranched alkanes of at least 4 members (excludes halogenated alkanes) is 1. The molecule has 2 aromatic carbocycles. The number of carbonyl (C=O) groups excluding carboxylic acids is 1. The summed E-state index contributed by atoms with van der Waals surface area (Å²) in [7, 11) is 0. The molecule has 0 radical (unpaired) electrons. The molecule has 0 amide bonds. The quantitative estimate of drug-likeness (QED) is 0.351. The van der Waals surface area contributed by atoms with Gasteiger partial charge in [-0.2, -0.15) is 0 Å². The number of Topliss-reactive ketones (excluding diaryl/α,β-unsaturated/α-hetero) is 1. The molecule has 0 N–H and O–H groups in total. The highest BCUT2D eigenvalue weighted by molar-refractivity contribution is 6.15. The van der Waals surface area contributed by atoms with E-state index in [-0.39, 0.29) is 5.78 Å². The highest BCUT2D eigenvalue weighted by Crippen LogP contribution is 2.30. The number of hydrogen-bond donors (Lipinski definition) is 0. The number of carbonyl (C=O) groups is 1. The summed E-state index contributed by atoms with van der Waals surface area (Å²) >= 11 is 0. The summed E-state index contributed by atoms with van der Waals surface area (Å²) in [5.74, 6) is 1.06. The monoisotopic (exact) mass is 403 g/mol. The first-order valence-corrected chi connectivity index (χ1v) is 11.2. The van der Waals surface area contributed by atoms with Crippen molar-refractivity contribution in [3.05, 3.63) is 70.8 Å². The van der Waals surface area contributed by atoms with Gasteiger partial charge in [-0.15, -0.1) is 0 Å². The summed E-state index contributed by atoms with van der Waals surface area (Å²) in [6.07, 6.45) is 7.86. The summed E-state index contributed by atoms with van der Waals surface area (Å²) in [5, 5.41) is 0. The van der Waals surface area contributed by atoms with Crippen LogP contribution in [0.3, 0.4) is 0 Å². The normalized spacial score (nSPS) is 16.4. The van der Waals surface area contributed by atoms with Gasteiger partial charge in [0.25, 0.3) is 0 Å². The molecular formula is C27H33NO2. The van der Waals surface area contributed by atoms with E-state index in [1.807, 2.05) is 36.4 Å². The molecule has 1 aliphatic rings. The molecule has 0 bridgehead atoms. The Morgan fingerprint density at radius 3 is 1.87 bits per heavy atom. The molecule has 158 valence electrons. The van der Waals surface area contributed by atoms with Crippen LogP contribution in [-0.2, 0) is 4.79 Å². The van der Waals surface area contributed by atoms with Crippen LogP contribution in [0.5, 0.6) is 5.75 Å². The molecule has 2 aromatic rings. The van der Waals surface area contributed by atoms with Crippen molar-refractivity contribution in [2.45, 2.75) is 46.5 Å². The van der Waals surface area contributed by atoms with Gasteiger partial charge in [-0.1, -0.05) is 37.6 Å². The Bertz CT molecular complexity index is 887. The van der Waals surface area contributed by atoms with E-state index in [1.165, 1.54) is 5.69 Å². The Kier molecular flexibility index (Phi) is 7.89. The van der Waals surface area contributed by atoms with E-state index in [1.54, 1.807) is 0 Å². The molecule has 1 fully saturated rings. The van der Waals surface area contributed by atoms with Gasteiger partial charge in [0.15, 0.2) is 5.78 Å². The fraction of sp³-hybridized carbons (Fsp3) is 0.370. The summed E-state index contributed by atoms with van der Waals surface area (Å²) < 4.78 is 5.71. The third-order valence-electron chi connectivity index (χ3n) is 5.60. The van der Waals surface area contributed by atoms with E-state index in [0.717, 1.165) is 73.4 Å². The van der Waals surface area contributed by atoms with Crippen LogP contribution in [0.15, 0.2) is 59.7 Å². The van der Waals surface area contributed by atoms with Crippen molar-refractivity contribution in [2.24, 2.45) is 0 Å². The van der Waals surface area contributed by atoms with E-state index in [4.69, 9.17) is 4.74 Å². The van der Waals surface area contributed by atoms with Crippen molar-refractivity contribution in [1.82, 2.24) is 0 Å². The highest BCUT2D eigenvalue weighted by atomic mass is 16.5. The number of ketones is 1. The lowest BCUT2D eigenvalue weighted by molar-refractivity contribution is -0.111. The molecule has 0 aromatic heterocycles. The van der Waals surface area contributed by atoms with E-state index in [0.29, 0.717) is 0 Å². The molecule has 3 rings (SSSR count). The SMILES string of the molecule is CCCCOc1ccc(/C=C2\CC/C(=C\c3ccc(N(CC)CC)cc3)C2=O)cc1. The van der Waals surface area contributed by atoms with Crippen LogP contribution < -0.4 is 9.64 Å². The molecule has 0 atom stereocenters. The predicted molar refractivity (Wildman–Crippen MR) is 127 cm³/mol. The Balaban J connectivity index is 1.66. The number of rotatable bonds is 9. The summed E-state index contributed by atoms with van der Waals surface area (Å²) in [5.41, 5.74) is 5.15. The molecule has 3 nitrogen and oxygen atoms in total. The summed E-state index contributed by atoms with van der Waals surface area (Å²) in [6, 6.07) is 16.5. The standard InChI is InChI=1S/C27H33NO2/c1-4-7-18-30-26-16-10-22(11-17-26)20-24-13-12-23(27(24)29)19-21-8-14-25(15-9-21)28(5-2)6-3/h8-11,14-17,19-20H,4-7,12-13,18H2,1-3H3/b23-19+,24-20+. The Morgan fingerprint density at radius 1 is 0.833 bits per heavy atom. The van der Waals surface area contributed by atoms with Gasteiger partial charge in [-0.3, -0.25) is 4.79 Å². The molecule has 0 aliphatic heterocycles. The maximum Gasteiger partial charge on any atom is 0.185 e. The van der Waals surface area contributed by atoms with Gasteiger partial charge in [0, 0.05) is 29.9 Å². The van der Waals surface area contributed by atoms with Crippen LogP contribution in [0.25, 0.3) is 12.2 Å². The second-order valence-corrected chi connectivity index (χ2v) is 7.70. The van der Waals surface area contributed by atoms with Gasteiger partial charge < -0.3 is 9.64 Å². The lowest BCUT2D eigenvalue weighted by Crippen LogP contribution is -2.21. The zero-order chi connectivity index (χ0) is 21.3. The first kappa shape index (κ1) is 21.9. The fourth-order valence-corrected chi connectivity index (χ4v) is 3.75. The van der Waals surface area contributed by atoms with Crippen LogP contribution >= 0.6 is 0 Å². The van der Waals surface area contributed by atoms with Crippen LogP contribution in [0.1, 0.15) is 57.6 Å². The summed E-state index contributed by atoms with van der Waals surface area (Å²) in [4.78, 5) is 15.2. The second kappa shape index (κ2) is 10.8. The number of nitrogens with zero attached hydrogens (tertiary/aromatic N) is 1. The molecule has 1 aliphatic carbocycles. The minimum Gasteiger partial charge on any atom is -0.494 e. The largest absolute Gasteiger partial charge is 0.494 e. The van der Waals surface area contributed by atoms with E-state index < -0.39 is 0 Å². The zero-order valence-electron chi connectivity index (χ0n) is 18.5. The minimum atomic E-state index is 0.172. The molecule has 0 spiro atoms. The van der Waals surface area contributed by atoms with Crippen molar-refractivity contribution < 1.29 is 9.53 Å². The number of hydrogen-bond acceptors (Lipinski definition) is 3. The Hall–Kier alpha value is -2.81. The topological polar surface area (TPSA) is 29.5 Å². The molecule has 0 saturated heterocycles. The lowest BCUT2D eigenvalue weighted by Gasteiger charge is -2.20. The van der Waals surface area contributed by atoms with Gasteiger partial charge in [0.2, 0.25) is 0 Å². The molecule has 30 heavy (non-hydrogen) atoms. The first-order chi connectivity index (χ1) is 14.6. The maximum absolute atomic E-state index is 12.9. The van der Waals surface area contributed by atoms with Gasteiger partial charge in [0.1, 0.15) is 5.75 Å². The van der Waals surface area contributed by atoms with Gasteiger partial charge in [0.05, 0.1) is 6.61 Å². The molecule has 0 unspecified atom stereocenters. The summed E-state index contributed by atoms with van der Waals surface area (Å²) in [6.45, 7) is 9.22. The highest BCUT2D eigenvalue weighted by Gasteiger charge is 2.22. The average Bonchev–Trinajstić information content (AvgIpc) is 3.11. The van der Waals surface area contributed by atoms with Gasteiger partial charge in [-0.25, -0.2) is 0 Å². The van der Waals surface area contributed by atoms with Crippen LogP contribution in [0.2, 0.25) is 0 Å². The molecule has 0 heterocycles.